The molecule has 0 aromatic heterocycles. The van der Waals surface area contributed by atoms with Crippen LogP contribution in [0.5, 0.6) is 0 Å². The lowest BCUT2D eigenvalue weighted by atomic mass is 9.98. The molecular formula is C17H27FN2O. The molecule has 0 saturated carbocycles. The first-order chi connectivity index (χ1) is 9.93. The van der Waals surface area contributed by atoms with Crippen LogP contribution in [0.4, 0.5) is 4.39 Å². The highest BCUT2D eigenvalue weighted by atomic mass is 19.1. The molecule has 1 aromatic carbocycles. The zero-order chi connectivity index (χ0) is 15.8. The van der Waals surface area contributed by atoms with Crippen molar-refractivity contribution in [3.05, 3.63) is 35.6 Å². The number of benzene rings is 1. The zero-order valence-electron chi connectivity index (χ0n) is 13.2. The number of nitrogens with two attached hydrogens (primary N) is 1. The lowest BCUT2D eigenvalue weighted by molar-refractivity contribution is -0.125. The van der Waals surface area contributed by atoms with E-state index in [1.54, 1.807) is 12.1 Å². The number of nitrogens with one attached hydrogen (secondary N) is 1. The van der Waals surface area contributed by atoms with Crippen molar-refractivity contribution < 1.29 is 9.18 Å². The molecule has 118 valence electrons. The van der Waals surface area contributed by atoms with Gasteiger partial charge in [-0.2, -0.15) is 0 Å². The molecule has 0 aliphatic rings. The van der Waals surface area contributed by atoms with Gasteiger partial charge >= 0.3 is 0 Å². The summed E-state index contributed by atoms with van der Waals surface area (Å²) in [5, 5.41) is 2.99. The first-order valence-electron chi connectivity index (χ1n) is 7.67. The van der Waals surface area contributed by atoms with E-state index >= 15 is 0 Å². The number of rotatable bonds is 8. The molecule has 0 fully saturated rings. The minimum absolute atomic E-state index is 0.00226. The summed E-state index contributed by atoms with van der Waals surface area (Å²) in [5.41, 5.74) is 6.35. The van der Waals surface area contributed by atoms with Gasteiger partial charge in [-0.1, -0.05) is 39.0 Å². The van der Waals surface area contributed by atoms with Crippen molar-refractivity contribution in [2.45, 2.75) is 46.1 Å². The molecule has 0 radical (unpaired) electrons. The van der Waals surface area contributed by atoms with Crippen LogP contribution >= 0.6 is 0 Å². The van der Waals surface area contributed by atoms with Crippen molar-refractivity contribution in [2.75, 3.05) is 6.54 Å². The summed E-state index contributed by atoms with van der Waals surface area (Å²) < 4.78 is 13.5. The number of amides is 1. The van der Waals surface area contributed by atoms with Gasteiger partial charge in [0.25, 0.3) is 0 Å². The van der Waals surface area contributed by atoms with Crippen LogP contribution in [0.2, 0.25) is 0 Å². The summed E-state index contributed by atoms with van der Waals surface area (Å²) >= 11 is 0. The Morgan fingerprint density at radius 1 is 1.29 bits per heavy atom. The van der Waals surface area contributed by atoms with E-state index < -0.39 is 0 Å². The highest BCUT2D eigenvalue weighted by molar-refractivity contribution is 5.78. The fraction of sp³-hybridized carbons (Fsp3) is 0.588. The van der Waals surface area contributed by atoms with Gasteiger partial charge in [0.1, 0.15) is 5.82 Å². The van der Waals surface area contributed by atoms with Crippen LogP contribution in [0.3, 0.4) is 0 Å². The summed E-state index contributed by atoms with van der Waals surface area (Å²) in [6.45, 7) is 6.54. The molecule has 0 saturated heterocycles. The SMILES string of the molecule is CC(C)CC(CN)NC(=O)C(C)CCc1ccccc1F. The highest BCUT2D eigenvalue weighted by Crippen LogP contribution is 2.14. The summed E-state index contributed by atoms with van der Waals surface area (Å²) in [4.78, 5) is 12.1. The third-order valence-electron chi connectivity index (χ3n) is 3.64. The van der Waals surface area contributed by atoms with Gasteiger partial charge in [0.2, 0.25) is 5.91 Å². The van der Waals surface area contributed by atoms with E-state index in [9.17, 15) is 9.18 Å². The summed E-state index contributed by atoms with van der Waals surface area (Å²) in [6, 6.07) is 6.73. The number of carbonyl (C=O) groups is 1. The minimum atomic E-state index is -0.204. The third-order valence-corrected chi connectivity index (χ3v) is 3.64. The molecule has 4 heteroatoms. The largest absolute Gasteiger partial charge is 0.352 e. The Bertz CT molecular complexity index is 448. The Morgan fingerprint density at radius 2 is 1.95 bits per heavy atom. The van der Waals surface area contributed by atoms with Gasteiger partial charge in [-0.3, -0.25) is 4.79 Å². The fourth-order valence-electron chi connectivity index (χ4n) is 2.33. The highest BCUT2D eigenvalue weighted by Gasteiger charge is 2.18. The molecule has 0 spiro atoms. The smallest absolute Gasteiger partial charge is 0.223 e. The molecule has 1 rings (SSSR count). The minimum Gasteiger partial charge on any atom is -0.352 e. The molecule has 0 heterocycles. The maximum atomic E-state index is 13.5. The van der Waals surface area contributed by atoms with Gasteiger partial charge in [0.05, 0.1) is 0 Å². The van der Waals surface area contributed by atoms with Crippen LogP contribution in [-0.2, 0) is 11.2 Å². The lowest BCUT2D eigenvalue weighted by Gasteiger charge is -2.21. The van der Waals surface area contributed by atoms with E-state index in [-0.39, 0.29) is 23.7 Å². The lowest BCUT2D eigenvalue weighted by Crippen LogP contribution is -2.43. The van der Waals surface area contributed by atoms with Crippen molar-refractivity contribution in [2.24, 2.45) is 17.6 Å². The first kappa shape index (κ1) is 17.6. The van der Waals surface area contributed by atoms with Crippen molar-refractivity contribution >= 4 is 5.91 Å². The number of hydrogen-bond donors (Lipinski definition) is 2. The second kappa shape index (κ2) is 8.78. The van der Waals surface area contributed by atoms with Crippen molar-refractivity contribution in [1.82, 2.24) is 5.32 Å². The molecule has 2 unspecified atom stereocenters. The van der Waals surface area contributed by atoms with E-state index in [1.807, 2.05) is 13.0 Å². The topological polar surface area (TPSA) is 55.1 Å². The van der Waals surface area contributed by atoms with Crippen molar-refractivity contribution in [3.63, 3.8) is 0 Å². The third kappa shape index (κ3) is 6.25. The summed E-state index contributed by atoms with van der Waals surface area (Å²) in [5.74, 6) is 0.144. The van der Waals surface area contributed by atoms with E-state index in [4.69, 9.17) is 5.73 Å². The fourth-order valence-corrected chi connectivity index (χ4v) is 2.33. The Labute approximate surface area is 127 Å². The molecule has 3 N–H and O–H groups in total. The van der Waals surface area contributed by atoms with Gasteiger partial charge in [-0.05, 0) is 36.8 Å². The first-order valence-corrected chi connectivity index (χ1v) is 7.67. The van der Waals surface area contributed by atoms with E-state index in [1.165, 1.54) is 6.07 Å². The Morgan fingerprint density at radius 3 is 2.52 bits per heavy atom. The zero-order valence-corrected chi connectivity index (χ0v) is 13.2. The molecule has 1 amide bonds. The van der Waals surface area contributed by atoms with Gasteiger partial charge in [0, 0.05) is 18.5 Å². The monoisotopic (exact) mass is 294 g/mol. The van der Waals surface area contributed by atoms with Crippen LogP contribution in [-0.4, -0.2) is 18.5 Å². The van der Waals surface area contributed by atoms with Gasteiger partial charge in [0.15, 0.2) is 0 Å². The second-order valence-corrected chi connectivity index (χ2v) is 6.10. The molecule has 0 aliphatic heterocycles. The van der Waals surface area contributed by atoms with E-state index in [2.05, 4.69) is 19.2 Å². The van der Waals surface area contributed by atoms with Crippen LogP contribution in [0.15, 0.2) is 24.3 Å². The number of aryl methyl sites for hydroxylation is 1. The van der Waals surface area contributed by atoms with Crippen LogP contribution in [0.25, 0.3) is 0 Å². The van der Waals surface area contributed by atoms with Gasteiger partial charge in [-0.15, -0.1) is 0 Å². The predicted molar refractivity (Wildman–Crippen MR) is 84.3 cm³/mol. The molecule has 2 atom stereocenters. The predicted octanol–water partition coefficient (Wildman–Crippen LogP) is 2.88. The summed E-state index contributed by atoms with van der Waals surface area (Å²) in [6.07, 6.45) is 2.08. The normalized spacial score (nSPS) is 14.0. The average Bonchev–Trinajstić information content (AvgIpc) is 2.44. The van der Waals surface area contributed by atoms with Gasteiger partial charge < -0.3 is 11.1 Å². The number of halogens is 1. The standard InChI is InChI=1S/C17H27FN2O/c1-12(2)10-15(11-19)20-17(21)13(3)8-9-14-6-4-5-7-16(14)18/h4-7,12-13,15H,8-11,19H2,1-3H3,(H,20,21). The van der Waals surface area contributed by atoms with Crippen LogP contribution < -0.4 is 11.1 Å². The molecular weight excluding hydrogens is 267 g/mol. The summed E-state index contributed by atoms with van der Waals surface area (Å²) in [7, 11) is 0. The Hall–Kier alpha value is -1.42. The Kier molecular flexibility index (Phi) is 7.37. The molecule has 3 nitrogen and oxygen atoms in total. The van der Waals surface area contributed by atoms with Crippen LogP contribution in [0, 0.1) is 17.7 Å². The molecule has 21 heavy (non-hydrogen) atoms. The van der Waals surface area contributed by atoms with Crippen molar-refractivity contribution in [1.29, 1.82) is 0 Å². The average molecular weight is 294 g/mol. The Balaban J connectivity index is 2.45. The van der Waals surface area contributed by atoms with Crippen molar-refractivity contribution in [3.8, 4) is 0 Å². The van der Waals surface area contributed by atoms with Crippen LogP contribution in [0.1, 0.15) is 39.2 Å². The number of carbonyl (C=O) groups excluding carboxylic acids is 1. The molecule has 0 aliphatic carbocycles. The molecule has 1 aromatic rings. The number of hydrogen-bond acceptors (Lipinski definition) is 2. The maximum absolute atomic E-state index is 13.5. The van der Waals surface area contributed by atoms with Gasteiger partial charge in [-0.25, -0.2) is 4.39 Å². The second-order valence-electron chi connectivity index (χ2n) is 6.10. The maximum Gasteiger partial charge on any atom is 0.223 e. The quantitative estimate of drug-likeness (QED) is 0.774. The van der Waals surface area contributed by atoms with E-state index in [0.717, 1.165) is 6.42 Å². The van der Waals surface area contributed by atoms with E-state index in [0.29, 0.717) is 30.9 Å². The molecule has 0 bridgehead atoms.